The number of rotatable bonds is 5. The van der Waals surface area contributed by atoms with Crippen molar-refractivity contribution in [2.24, 2.45) is 0 Å². The first-order valence-electron chi connectivity index (χ1n) is 7.67. The Morgan fingerprint density at radius 3 is 2.95 bits per heavy atom. The van der Waals surface area contributed by atoms with Crippen LogP contribution in [0.2, 0.25) is 5.02 Å². The summed E-state index contributed by atoms with van der Waals surface area (Å²) in [5, 5.41) is 8.14. The third-order valence-corrected chi connectivity index (χ3v) is 4.26. The number of nitrogens with one attached hydrogen (secondary N) is 3. The summed E-state index contributed by atoms with van der Waals surface area (Å²) in [6.07, 6.45) is 2.79. The van der Waals surface area contributed by atoms with Crippen LogP contribution in [0.4, 0.5) is 0 Å². The standard InChI is InChI=1S/C16H21ClN4O/c17-13-1-2-15-14(9-13)12(10-20-15)3-4-19-16(22)11-21-7-5-18-6-8-21/h1-2,9-10,18,20H,3-8,11H2,(H,19,22). The van der Waals surface area contributed by atoms with Gasteiger partial charge in [0.15, 0.2) is 0 Å². The van der Waals surface area contributed by atoms with Crippen LogP contribution in [0.25, 0.3) is 10.9 Å². The topological polar surface area (TPSA) is 60.2 Å². The first-order valence-corrected chi connectivity index (χ1v) is 8.05. The number of amides is 1. The molecule has 0 radical (unpaired) electrons. The molecular formula is C16H21ClN4O. The van der Waals surface area contributed by atoms with Crippen molar-refractivity contribution in [1.82, 2.24) is 20.5 Å². The summed E-state index contributed by atoms with van der Waals surface area (Å²) in [7, 11) is 0. The lowest BCUT2D eigenvalue weighted by Crippen LogP contribution is -2.47. The van der Waals surface area contributed by atoms with Crippen molar-refractivity contribution < 1.29 is 4.79 Å². The van der Waals surface area contributed by atoms with Crippen molar-refractivity contribution in [3.05, 3.63) is 35.0 Å². The second-order valence-electron chi connectivity index (χ2n) is 5.63. The normalized spacial score (nSPS) is 16.0. The fourth-order valence-electron chi connectivity index (χ4n) is 2.82. The van der Waals surface area contributed by atoms with Gasteiger partial charge in [0.25, 0.3) is 0 Å². The zero-order chi connectivity index (χ0) is 15.4. The molecule has 5 nitrogen and oxygen atoms in total. The summed E-state index contributed by atoms with van der Waals surface area (Å²) in [6, 6.07) is 5.81. The Kier molecular flexibility index (Phi) is 4.97. The Hall–Kier alpha value is -1.56. The van der Waals surface area contributed by atoms with Gasteiger partial charge in [0.2, 0.25) is 5.91 Å². The lowest BCUT2D eigenvalue weighted by atomic mass is 10.1. The molecule has 0 bridgehead atoms. The van der Waals surface area contributed by atoms with Crippen LogP contribution in [0, 0.1) is 0 Å². The molecule has 1 aromatic carbocycles. The van der Waals surface area contributed by atoms with E-state index in [0.29, 0.717) is 13.1 Å². The predicted molar refractivity (Wildman–Crippen MR) is 89.3 cm³/mol. The number of carbonyl (C=O) groups is 1. The van der Waals surface area contributed by atoms with E-state index >= 15 is 0 Å². The third-order valence-electron chi connectivity index (χ3n) is 4.02. The maximum Gasteiger partial charge on any atom is 0.234 e. The van der Waals surface area contributed by atoms with Gasteiger partial charge >= 0.3 is 0 Å². The highest BCUT2D eigenvalue weighted by molar-refractivity contribution is 6.31. The molecule has 3 rings (SSSR count). The third kappa shape index (κ3) is 3.80. The maximum absolute atomic E-state index is 12.0. The van der Waals surface area contributed by atoms with Gasteiger partial charge in [-0.1, -0.05) is 11.6 Å². The number of piperazine rings is 1. The molecule has 118 valence electrons. The fourth-order valence-corrected chi connectivity index (χ4v) is 2.99. The van der Waals surface area contributed by atoms with E-state index in [1.165, 1.54) is 5.56 Å². The Labute approximate surface area is 135 Å². The summed E-state index contributed by atoms with van der Waals surface area (Å²) >= 11 is 6.05. The molecule has 1 fully saturated rings. The average molecular weight is 321 g/mol. The van der Waals surface area contributed by atoms with Gasteiger partial charge < -0.3 is 15.6 Å². The first-order chi connectivity index (χ1) is 10.7. The molecule has 2 aromatic rings. The number of fused-ring (bicyclic) bond motifs is 1. The Balaban J connectivity index is 1.49. The van der Waals surface area contributed by atoms with E-state index in [2.05, 4.69) is 20.5 Å². The molecular weight excluding hydrogens is 300 g/mol. The minimum atomic E-state index is 0.0970. The molecule has 6 heteroatoms. The van der Waals surface area contributed by atoms with Crippen molar-refractivity contribution in [1.29, 1.82) is 0 Å². The Bertz CT molecular complexity index is 649. The smallest absolute Gasteiger partial charge is 0.234 e. The lowest BCUT2D eigenvalue weighted by Gasteiger charge is -2.26. The number of benzene rings is 1. The zero-order valence-corrected chi connectivity index (χ0v) is 13.2. The molecule has 0 unspecified atom stereocenters. The largest absolute Gasteiger partial charge is 0.361 e. The fraction of sp³-hybridized carbons (Fsp3) is 0.438. The van der Waals surface area contributed by atoms with Crippen LogP contribution in [0.5, 0.6) is 0 Å². The highest BCUT2D eigenvalue weighted by Gasteiger charge is 2.13. The average Bonchev–Trinajstić information content (AvgIpc) is 2.91. The first kappa shape index (κ1) is 15.3. The molecule has 0 atom stereocenters. The predicted octanol–water partition coefficient (Wildman–Crippen LogP) is 1.39. The number of H-pyrrole nitrogens is 1. The number of aromatic nitrogens is 1. The SMILES string of the molecule is O=C(CN1CCNCC1)NCCc1c[nH]c2ccc(Cl)cc12. The molecule has 1 aliphatic rings. The monoisotopic (exact) mass is 320 g/mol. The van der Waals surface area contributed by atoms with Crippen LogP contribution < -0.4 is 10.6 Å². The molecule has 0 spiro atoms. The quantitative estimate of drug-likeness (QED) is 0.780. The minimum absolute atomic E-state index is 0.0970. The maximum atomic E-state index is 12.0. The van der Waals surface area contributed by atoms with Gasteiger partial charge in [-0.25, -0.2) is 0 Å². The zero-order valence-electron chi connectivity index (χ0n) is 12.5. The van der Waals surface area contributed by atoms with E-state index in [1.807, 2.05) is 24.4 Å². The molecule has 0 aliphatic carbocycles. The van der Waals surface area contributed by atoms with Crippen LogP contribution >= 0.6 is 11.6 Å². The number of hydrogen-bond donors (Lipinski definition) is 3. The number of nitrogens with zero attached hydrogens (tertiary/aromatic N) is 1. The van der Waals surface area contributed by atoms with Crippen LogP contribution in [0.1, 0.15) is 5.56 Å². The Morgan fingerprint density at radius 2 is 2.14 bits per heavy atom. The molecule has 2 heterocycles. The molecule has 3 N–H and O–H groups in total. The summed E-state index contributed by atoms with van der Waals surface area (Å²) in [4.78, 5) is 17.4. The number of carbonyl (C=O) groups excluding carboxylic acids is 1. The molecule has 1 aliphatic heterocycles. The van der Waals surface area contributed by atoms with Crippen LogP contribution in [-0.4, -0.2) is 55.1 Å². The summed E-state index contributed by atoms with van der Waals surface area (Å²) in [6.45, 7) is 4.93. The van der Waals surface area contributed by atoms with E-state index < -0.39 is 0 Å². The van der Waals surface area contributed by atoms with Gasteiger partial charge in [-0.3, -0.25) is 9.69 Å². The molecule has 1 aromatic heterocycles. The highest BCUT2D eigenvalue weighted by Crippen LogP contribution is 2.22. The summed E-state index contributed by atoms with van der Waals surface area (Å²) in [5.74, 6) is 0.0970. The second-order valence-corrected chi connectivity index (χ2v) is 6.07. The van der Waals surface area contributed by atoms with Crippen LogP contribution in [0.3, 0.4) is 0 Å². The van der Waals surface area contributed by atoms with Gasteiger partial charge in [-0.2, -0.15) is 0 Å². The molecule has 22 heavy (non-hydrogen) atoms. The number of aromatic amines is 1. The van der Waals surface area contributed by atoms with Crippen molar-refractivity contribution in [3.63, 3.8) is 0 Å². The molecule has 0 saturated carbocycles. The highest BCUT2D eigenvalue weighted by atomic mass is 35.5. The van der Waals surface area contributed by atoms with Gasteiger partial charge in [0.1, 0.15) is 0 Å². The van der Waals surface area contributed by atoms with Crippen molar-refractivity contribution in [2.45, 2.75) is 6.42 Å². The van der Waals surface area contributed by atoms with E-state index in [0.717, 1.165) is 48.5 Å². The van der Waals surface area contributed by atoms with Crippen molar-refractivity contribution in [3.8, 4) is 0 Å². The van der Waals surface area contributed by atoms with E-state index in [4.69, 9.17) is 11.6 Å². The van der Waals surface area contributed by atoms with Crippen molar-refractivity contribution in [2.75, 3.05) is 39.3 Å². The summed E-state index contributed by atoms with van der Waals surface area (Å²) < 4.78 is 0. The number of halogens is 1. The van der Waals surface area contributed by atoms with Gasteiger partial charge in [0, 0.05) is 54.8 Å². The van der Waals surface area contributed by atoms with E-state index in [1.54, 1.807) is 0 Å². The minimum Gasteiger partial charge on any atom is -0.361 e. The van der Waals surface area contributed by atoms with Gasteiger partial charge in [0.05, 0.1) is 6.54 Å². The summed E-state index contributed by atoms with van der Waals surface area (Å²) in [5.41, 5.74) is 2.26. The van der Waals surface area contributed by atoms with Crippen LogP contribution in [-0.2, 0) is 11.2 Å². The van der Waals surface area contributed by atoms with E-state index in [9.17, 15) is 4.79 Å². The molecule has 1 amide bonds. The van der Waals surface area contributed by atoms with E-state index in [-0.39, 0.29) is 5.91 Å². The number of hydrogen-bond acceptors (Lipinski definition) is 3. The second kappa shape index (κ2) is 7.13. The van der Waals surface area contributed by atoms with Gasteiger partial charge in [-0.05, 0) is 30.2 Å². The molecule has 1 saturated heterocycles. The van der Waals surface area contributed by atoms with Crippen molar-refractivity contribution >= 4 is 28.4 Å². The van der Waals surface area contributed by atoms with Gasteiger partial charge in [-0.15, -0.1) is 0 Å². The van der Waals surface area contributed by atoms with Crippen LogP contribution in [0.15, 0.2) is 24.4 Å². The lowest BCUT2D eigenvalue weighted by molar-refractivity contribution is -0.122. The Morgan fingerprint density at radius 1 is 1.32 bits per heavy atom.